The summed E-state index contributed by atoms with van der Waals surface area (Å²) in [7, 11) is 1.83. The Labute approximate surface area is 117 Å². The van der Waals surface area contributed by atoms with Gasteiger partial charge in [-0.05, 0) is 30.4 Å². The average Bonchev–Trinajstić information content (AvgIpc) is 2.91. The molecule has 3 rings (SSSR count). The smallest absolute Gasteiger partial charge is 0.274 e. The van der Waals surface area contributed by atoms with E-state index in [9.17, 15) is 4.79 Å². The zero-order valence-electron chi connectivity index (χ0n) is 11.5. The van der Waals surface area contributed by atoms with Gasteiger partial charge in [0, 0.05) is 7.05 Å². The molecule has 1 unspecified atom stereocenters. The SMILES string of the molecule is CN(C(=O)c1[nH]ncc1N)C1CCCc2ccccc21. The Bertz CT molecular complexity index is 634. The molecule has 0 aliphatic heterocycles. The van der Waals surface area contributed by atoms with Gasteiger partial charge in [0.25, 0.3) is 5.91 Å². The van der Waals surface area contributed by atoms with Crippen molar-refractivity contribution >= 4 is 11.6 Å². The fourth-order valence-electron chi connectivity index (χ4n) is 2.92. The first kappa shape index (κ1) is 12.7. The fourth-order valence-corrected chi connectivity index (χ4v) is 2.92. The van der Waals surface area contributed by atoms with Crippen molar-refractivity contribution in [2.75, 3.05) is 12.8 Å². The lowest BCUT2D eigenvalue weighted by Gasteiger charge is -2.33. The minimum Gasteiger partial charge on any atom is -0.396 e. The van der Waals surface area contributed by atoms with E-state index in [0.29, 0.717) is 11.4 Å². The third kappa shape index (κ3) is 2.05. The van der Waals surface area contributed by atoms with Crippen LogP contribution in [0.5, 0.6) is 0 Å². The van der Waals surface area contributed by atoms with Gasteiger partial charge < -0.3 is 10.6 Å². The number of benzene rings is 1. The minimum atomic E-state index is -0.110. The van der Waals surface area contributed by atoms with Gasteiger partial charge in [-0.1, -0.05) is 24.3 Å². The Morgan fingerprint density at radius 2 is 2.25 bits per heavy atom. The molecule has 1 aromatic carbocycles. The van der Waals surface area contributed by atoms with Crippen molar-refractivity contribution in [2.24, 2.45) is 0 Å². The summed E-state index contributed by atoms with van der Waals surface area (Å²) in [5.74, 6) is -0.110. The molecule has 1 atom stereocenters. The molecule has 0 radical (unpaired) electrons. The summed E-state index contributed by atoms with van der Waals surface area (Å²) in [5.41, 5.74) is 9.10. The van der Waals surface area contributed by atoms with E-state index in [1.165, 1.54) is 17.3 Å². The highest BCUT2D eigenvalue weighted by molar-refractivity contribution is 5.97. The number of nitrogens with two attached hydrogens (primary N) is 1. The Morgan fingerprint density at radius 3 is 3.00 bits per heavy atom. The summed E-state index contributed by atoms with van der Waals surface area (Å²) in [6, 6.07) is 8.44. The predicted molar refractivity (Wildman–Crippen MR) is 77.2 cm³/mol. The van der Waals surface area contributed by atoms with Crippen molar-refractivity contribution in [3.8, 4) is 0 Å². The second kappa shape index (κ2) is 5.00. The van der Waals surface area contributed by atoms with Crippen molar-refractivity contribution in [3.63, 3.8) is 0 Å². The van der Waals surface area contributed by atoms with Gasteiger partial charge in [0.2, 0.25) is 0 Å². The number of amides is 1. The van der Waals surface area contributed by atoms with Crippen molar-refractivity contribution in [3.05, 3.63) is 47.3 Å². The van der Waals surface area contributed by atoms with Crippen LogP contribution in [-0.2, 0) is 6.42 Å². The van der Waals surface area contributed by atoms with E-state index in [1.54, 1.807) is 4.90 Å². The number of hydrogen-bond donors (Lipinski definition) is 2. The minimum absolute atomic E-state index is 0.107. The van der Waals surface area contributed by atoms with E-state index in [0.717, 1.165) is 19.3 Å². The molecule has 3 N–H and O–H groups in total. The average molecular weight is 270 g/mol. The highest BCUT2D eigenvalue weighted by Gasteiger charge is 2.28. The molecule has 0 bridgehead atoms. The summed E-state index contributed by atoms with van der Waals surface area (Å²) in [5, 5.41) is 6.50. The number of anilines is 1. The highest BCUT2D eigenvalue weighted by Crippen LogP contribution is 2.34. The molecular formula is C15H18N4O. The van der Waals surface area contributed by atoms with Crippen LogP contribution in [0.25, 0.3) is 0 Å². The Balaban J connectivity index is 1.90. The number of nitrogens with one attached hydrogen (secondary N) is 1. The molecule has 1 aromatic heterocycles. The molecule has 5 nitrogen and oxygen atoms in total. The first-order valence-corrected chi connectivity index (χ1v) is 6.82. The second-order valence-electron chi connectivity index (χ2n) is 5.22. The summed E-state index contributed by atoms with van der Waals surface area (Å²) in [6.07, 6.45) is 4.63. The first-order valence-electron chi connectivity index (χ1n) is 6.82. The fraction of sp³-hybridized carbons (Fsp3) is 0.333. The van der Waals surface area contributed by atoms with Crippen LogP contribution in [0.2, 0.25) is 0 Å². The van der Waals surface area contributed by atoms with Crippen LogP contribution in [0.15, 0.2) is 30.5 Å². The third-order valence-electron chi connectivity index (χ3n) is 4.01. The first-order chi connectivity index (χ1) is 9.68. The summed E-state index contributed by atoms with van der Waals surface area (Å²) < 4.78 is 0. The molecular weight excluding hydrogens is 252 g/mol. The molecule has 104 valence electrons. The molecule has 0 fully saturated rings. The molecule has 5 heteroatoms. The molecule has 0 saturated heterocycles. The van der Waals surface area contributed by atoms with Crippen LogP contribution >= 0.6 is 0 Å². The van der Waals surface area contributed by atoms with E-state index in [1.807, 2.05) is 13.1 Å². The lowest BCUT2D eigenvalue weighted by atomic mass is 9.87. The number of hydrogen-bond acceptors (Lipinski definition) is 3. The maximum Gasteiger partial charge on any atom is 0.274 e. The van der Waals surface area contributed by atoms with Crippen molar-refractivity contribution < 1.29 is 4.79 Å². The van der Waals surface area contributed by atoms with Gasteiger partial charge in [0.05, 0.1) is 17.9 Å². The van der Waals surface area contributed by atoms with E-state index in [-0.39, 0.29) is 11.9 Å². The number of aromatic amines is 1. The molecule has 2 aromatic rings. The van der Waals surface area contributed by atoms with Crippen molar-refractivity contribution in [1.82, 2.24) is 15.1 Å². The molecule has 20 heavy (non-hydrogen) atoms. The molecule has 1 aliphatic carbocycles. The Morgan fingerprint density at radius 1 is 1.45 bits per heavy atom. The number of H-pyrrole nitrogens is 1. The third-order valence-corrected chi connectivity index (χ3v) is 4.01. The second-order valence-corrected chi connectivity index (χ2v) is 5.22. The largest absolute Gasteiger partial charge is 0.396 e. The molecule has 1 aliphatic rings. The van der Waals surface area contributed by atoms with E-state index >= 15 is 0 Å². The number of carbonyl (C=O) groups excluding carboxylic acids is 1. The van der Waals surface area contributed by atoms with Gasteiger partial charge in [0.1, 0.15) is 5.69 Å². The normalized spacial score (nSPS) is 17.6. The lowest BCUT2D eigenvalue weighted by molar-refractivity contribution is 0.0710. The van der Waals surface area contributed by atoms with Gasteiger partial charge in [-0.25, -0.2) is 0 Å². The highest BCUT2D eigenvalue weighted by atomic mass is 16.2. The molecule has 0 saturated carbocycles. The monoisotopic (exact) mass is 270 g/mol. The van der Waals surface area contributed by atoms with Gasteiger partial charge in [-0.3, -0.25) is 9.89 Å². The van der Waals surface area contributed by atoms with Gasteiger partial charge >= 0.3 is 0 Å². The standard InChI is InChI=1S/C15H18N4O/c1-19(15(20)14-12(16)9-17-18-14)13-8-4-6-10-5-2-3-7-11(10)13/h2-3,5,7,9,13H,4,6,8,16H2,1H3,(H,17,18). The maximum atomic E-state index is 12.5. The number of aromatic nitrogens is 2. The summed E-state index contributed by atoms with van der Waals surface area (Å²) in [4.78, 5) is 14.3. The van der Waals surface area contributed by atoms with Crippen LogP contribution in [0.4, 0.5) is 5.69 Å². The summed E-state index contributed by atoms with van der Waals surface area (Å²) >= 11 is 0. The number of nitrogens with zero attached hydrogens (tertiary/aromatic N) is 2. The van der Waals surface area contributed by atoms with Crippen LogP contribution in [0.1, 0.15) is 40.5 Å². The predicted octanol–water partition coefficient (Wildman–Crippen LogP) is 2.14. The summed E-state index contributed by atoms with van der Waals surface area (Å²) in [6.45, 7) is 0. The molecule has 1 heterocycles. The number of fused-ring (bicyclic) bond motifs is 1. The van der Waals surface area contributed by atoms with Gasteiger partial charge in [-0.2, -0.15) is 5.10 Å². The van der Waals surface area contributed by atoms with E-state index in [4.69, 9.17) is 5.73 Å². The number of rotatable bonds is 2. The molecule has 0 spiro atoms. The van der Waals surface area contributed by atoms with Gasteiger partial charge in [0.15, 0.2) is 0 Å². The molecule has 1 amide bonds. The quantitative estimate of drug-likeness (QED) is 0.878. The van der Waals surface area contributed by atoms with E-state index in [2.05, 4.69) is 28.4 Å². The number of aryl methyl sites for hydroxylation is 1. The van der Waals surface area contributed by atoms with Crippen molar-refractivity contribution in [1.29, 1.82) is 0 Å². The Hall–Kier alpha value is -2.30. The zero-order valence-corrected chi connectivity index (χ0v) is 11.5. The topological polar surface area (TPSA) is 75.0 Å². The van der Waals surface area contributed by atoms with Crippen LogP contribution in [0, 0.1) is 0 Å². The number of nitrogen functional groups attached to an aromatic ring is 1. The zero-order chi connectivity index (χ0) is 14.1. The van der Waals surface area contributed by atoms with Gasteiger partial charge in [-0.15, -0.1) is 0 Å². The van der Waals surface area contributed by atoms with E-state index < -0.39 is 0 Å². The maximum absolute atomic E-state index is 12.5. The lowest BCUT2D eigenvalue weighted by Crippen LogP contribution is -2.34. The number of carbonyl (C=O) groups is 1. The van der Waals surface area contributed by atoms with Crippen molar-refractivity contribution in [2.45, 2.75) is 25.3 Å². The Kier molecular flexibility index (Phi) is 3.18. The van der Waals surface area contributed by atoms with Crippen LogP contribution in [0.3, 0.4) is 0 Å². The van der Waals surface area contributed by atoms with Crippen LogP contribution < -0.4 is 5.73 Å². The van der Waals surface area contributed by atoms with Crippen LogP contribution in [-0.4, -0.2) is 28.1 Å².